The molecule has 0 bridgehead atoms. The maximum atomic E-state index is 11.2. The molecule has 66 valence electrons. The summed E-state index contributed by atoms with van der Waals surface area (Å²) >= 11 is 0. The highest BCUT2D eigenvalue weighted by Crippen LogP contribution is 2.03. The maximum Gasteiger partial charge on any atom is 0.364 e. The first-order valence-corrected chi connectivity index (χ1v) is 3.87. The second-order valence-electron chi connectivity index (χ2n) is 3.54. The Kier molecular flexibility index (Phi) is 3.52. The molecule has 1 atom stereocenters. The third kappa shape index (κ3) is 3.37. The molecule has 0 aliphatic heterocycles. The van der Waals surface area contributed by atoms with E-state index in [2.05, 4.69) is 0 Å². The Morgan fingerprint density at radius 3 is 2.18 bits per heavy atom. The molecule has 0 aromatic rings. The van der Waals surface area contributed by atoms with Crippen LogP contribution in [0.1, 0.15) is 13.8 Å². The van der Waals surface area contributed by atoms with Gasteiger partial charge in [0.25, 0.3) is 0 Å². The number of ether oxygens (including phenoxy) is 1. The van der Waals surface area contributed by atoms with Gasteiger partial charge in [-0.3, -0.25) is 0 Å². The van der Waals surface area contributed by atoms with Gasteiger partial charge in [-0.1, -0.05) is 0 Å². The van der Waals surface area contributed by atoms with Crippen LogP contribution in [-0.4, -0.2) is 44.2 Å². The summed E-state index contributed by atoms with van der Waals surface area (Å²) in [5.74, 6) is -0.125. The summed E-state index contributed by atoms with van der Waals surface area (Å²) < 4.78 is 5.49. The van der Waals surface area contributed by atoms with Crippen molar-refractivity contribution in [3.05, 3.63) is 0 Å². The number of quaternary nitrogens is 1. The Morgan fingerprint density at radius 2 is 1.91 bits per heavy atom. The Labute approximate surface area is 68.5 Å². The van der Waals surface area contributed by atoms with E-state index in [-0.39, 0.29) is 12.0 Å². The van der Waals surface area contributed by atoms with E-state index >= 15 is 0 Å². The van der Waals surface area contributed by atoms with Gasteiger partial charge in [-0.2, -0.15) is 0 Å². The normalized spacial score (nSPS) is 14.3. The van der Waals surface area contributed by atoms with Crippen molar-refractivity contribution in [2.75, 3.05) is 27.7 Å². The first-order valence-electron chi connectivity index (χ1n) is 3.87. The third-order valence-electron chi connectivity index (χ3n) is 1.79. The Bertz CT molecular complexity index is 138. The highest BCUT2D eigenvalue weighted by molar-refractivity contribution is 5.73. The maximum absolute atomic E-state index is 11.2. The number of hydrogen-bond donors (Lipinski definition) is 0. The second kappa shape index (κ2) is 3.72. The summed E-state index contributed by atoms with van der Waals surface area (Å²) in [6.07, 6.45) is 0. The van der Waals surface area contributed by atoms with Crippen LogP contribution in [0.4, 0.5) is 0 Å². The van der Waals surface area contributed by atoms with Gasteiger partial charge in [0.1, 0.15) is 0 Å². The van der Waals surface area contributed by atoms with E-state index in [1.165, 1.54) is 0 Å². The van der Waals surface area contributed by atoms with Gasteiger partial charge in [-0.15, -0.1) is 0 Å². The van der Waals surface area contributed by atoms with E-state index in [0.29, 0.717) is 11.1 Å². The van der Waals surface area contributed by atoms with E-state index < -0.39 is 0 Å². The minimum atomic E-state index is -0.125. The molecule has 0 aromatic heterocycles. The van der Waals surface area contributed by atoms with Crippen LogP contribution in [-0.2, 0) is 9.53 Å². The second-order valence-corrected chi connectivity index (χ2v) is 3.54. The molecule has 3 heteroatoms. The molecule has 0 amide bonds. The van der Waals surface area contributed by atoms with Gasteiger partial charge in [0.15, 0.2) is 6.04 Å². The molecule has 0 spiro atoms. The molecule has 0 N–H and O–H groups in total. The zero-order chi connectivity index (χ0) is 9.07. The van der Waals surface area contributed by atoms with Crippen LogP contribution in [0.25, 0.3) is 0 Å². The largest absolute Gasteiger partial charge is 0.462 e. The lowest BCUT2D eigenvalue weighted by atomic mass is 10.3. The van der Waals surface area contributed by atoms with E-state index in [9.17, 15) is 4.79 Å². The molecule has 0 aliphatic carbocycles. The lowest BCUT2D eigenvalue weighted by molar-refractivity contribution is -0.885. The van der Waals surface area contributed by atoms with Crippen LogP contribution in [0.5, 0.6) is 0 Å². The Balaban J connectivity index is 4.03. The van der Waals surface area contributed by atoms with Crippen molar-refractivity contribution in [2.45, 2.75) is 19.9 Å². The van der Waals surface area contributed by atoms with Crippen LogP contribution < -0.4 is 0 Å². The molecule has 1 unspecified atom stereocenters. The zero-order valence-corrected chi connectivity index (χ0v) is 8.05. The number of nitrogens with zero attached hydrogens (tertiary/aromatic N) is 1. The van der Waals surface area contributed by atoms with Gasteiger partial charge in [0.2, 0.25) is 0 Å². The molecular weight excluding hydrogens is 142 g/mol. The molecule has 0 radical (unpaired) electrons. The van der Waals surface area contributed by atoms with E-state index in [4.69, 9.17) is 4.74 Å². The first kappa shape index (κ1) is 10.4. The lowest BCUT2D eigenvalue weighted by Crippen LogP contribution is -2.48. The van der Waals surface area contributed by atoms with Crippen LogP contribution in [0.15, 0.2) is 0 Å². The van der Waals surface area contributed by atoms with Crippen LogP contribution in [0, 0.1) is 0 Å². The van der Waals surface area contributed by atoms with Crippen LogP contribution in [0.2, 0.25) is 0 Å². The van der Waals surface area contributed by atoms with Gasteiger partial charge >= 0.3 is 5.97 Å². The molecule has 0 fully saturated rings. The summed E-state index contributed by atoms with van der Waals surface area (Å²) in [5.41, 5.74) is 0. The van der Waals surface area contributed by atoms with Crippen molar-refractivity contribution in [1.82, 2.24) is 0 Å². The number of rotatable bonds is 3. The predicted octanol–water partition coefficient (Wildman–Crippen LogP) is 0.644. The fourth-order valence-electron chi connectivity index (χ4n) is 0.579. The first-order chi connectivity index (χ1) is 4.89. The van der Waals surface area contributed by atoms with Crippen LogP contribution in [0.3, 0.4) is 0 Å². The molecule has 0 rings (SSSR count). The van der Waals surface area contributed by atoms with Gasteiger partial charge < -0.3 is 9.22 Å². The molecule has 3 nitrogen and oxygen atoms in total. The molecule has 0 saturated heterocycles. The predicted molar refractivity (Wildman–Crippen MR) is 44.1 cm³/mol. The number of carbonyl (C=O) groups is 1. The SMILES string of the molecule is CCOC(=O)C(C)[N+](C)(C)C. The van der Waals surface area contributed by atoms with Crippen LogP contribution >= 0.6 is 0 Å². The van der Waals surface area contributed by atoms with E-state index in [1.54, 1.807) is 0 Å². The third-order valence-corrected chi connectivity index (χ3v) is 1.79. The molecule has 0 aliphatic rings. The molecule has 0 saturated carbocycles. The number of likely N-dealkylation sites (N-methyl/N-ethyl adjacent to an activating group) is 1. The van der Waals surface area contributed by atoms with Gasteiger partial charge in [-0.05, 0) is 13.8 Å². The summed E-state index contributed by atoms with van der Waals surface area (Å²) in [5, 5.41) is 0. The van der Waals surface area contributed by atoms with E-state index in [1.807, 2.05) is 35.0 Å². The topological polar surface area (TPSA) is 26.3 Å². The van der Waals surface area contributed by atoms with Gasteiger partial charge in [0, 0.05) is 0 Å². The molecule has 0 aromatic carbocycles. The monoisotopic (exact) mass is 160 g/mol. The number of hydrogen-bond acceptors (Lipinski definition) is 2. The summed E-state index contributed by atoms with van der Waals surface area (Å²) in [6, 6.07) is -0.0880. The van der Waals surface area contributed by atoms with Crippen molar-refractivity contribution in [3.63, 3.8) is 0 Å². The van der Waals surface area contributed by atoms with Crippen molar-refractivity contribution in [1.29, 1.82) is 0 Å². The fourth-order valence-corrected chi connectivity index (χ4v) is 0.579. The lowest BCUT2D eigenvalue weighted by Gasteiger charge is -2.29. The Morgan fingerprint density at radius 1 is 1.45 bits per heavy atom. The smallest absolute Gasteiger partial charge is 0.364 e. The highest BCUT2D eigenvalue weighted by atomic mass is 16.5. The standard InChI is InChI=1S/C8H18NO2/c1-6-11-8(10)7(2)9(3,4)5/h7H,6H2,1-5H3/q+1. The van der Waals surface area contributed by atoms with E-state index in [0.717, 1.165) is 0 Å². The van der Waals surface area contributed by atoms with Gasteiger partial charge in [0.05, 0.1) is 27.7 Å². The fraction of sp³-hybridized carbons (Fsp3) is 0.875. The molecule has 0 heterocycles. The quantitative estimate of drug-likeness (QED) is 0.447. The zero-order valence-electron chi connectivity index (χ0n) is 8.05. The Hall–Kier alpha value is -0.570. The van der Waals surface area contributed by atoms with Crippen molar-refractivity contribution in [3.8, 4) is 0 Å². The molecular formula is C8H18NO2+. The molecule has 11 heavy (non-hydrogen) atoms. The highest BCUT2D eigenvalue weighted by Gasteiger charge is 2.27. The average Bonchev–Trinajstić information content (AvgIpc) is 1.85. The number of esters is 1. The number of carbonyl (C=O) groups excluding carboxylic acids is 1. The van der Waals surface area contributed by atoms with Crippen molar-refractivity contribution >= 4 is 5.97 Å². The van der Waals surface area contributed by atoms with Gasteiger partial charge in [-0.25, -0.2) is 4.79 Å². The minimum absolute atomic E-state index is 0.0880. The van der Waals surface area contributed by atoms with Crippen molar-refractivity contribution < 1.29 is 14.0 Å². The summed E-state index contributed by atoms with van der Waals surface area (Å²) in [4.78, 5) is 11.2. The average molecular weight is 160 g/mol. The summed E-state index contributed by atoms with van der Waals surface area (Å²) in [6.45, 7) is 4.15. The minimum Gasteiger partial charge on any atom is -0.462 e. The summed E-state index contributed by atoms with van der Waals surface area (Å²) in [7, 11) is 5.92. The van der Waals surface area contributed by atoms with Crippen molar-refractivity contribution in [2.24, 2.45) is 0 Å².